The molecule has 4 heteroatoms. The number of likely N-dealkylation sites (tertiary alicyclic amines) is 1. The maximum atomic E-state index is 5.54. The Bertz CT molecular complexity index is 316. The minimum Gasteiger partial charge on any atom is -0.444 e. The molecular weight excluding hydrogens is 202 g/mol. The molecule has 2 heterocycles. The number of nitrogens with zero attached hydrogens (tertiary/aromatic N) is 2. The van der Waals surface area contributed by atoms with Crippen molar-refractivity contribution in [2.75, 3.05) is 19.6 Å². The summed E-state index contributed by atoms with van der Waals surface area (Å²) in [4.78, 5) is 6.76. The molecule has 1 saturated heterocycles. The van der Waals surface area contributed by atoms with E-state index in [0.29, 0.717) is 6.54 Å². The lowest BCUT2D eigenvalue weighted by molar-refractivity contribution is 0.186. The average Bonchev–Trinajstić information content (AvgIpc) is 2.78. The molecule has 0 amide bonds. The van der Waals surface area contributed by atoms with Crippen LogP contribution in [0.2, 0.25) is 0 Å². The molecule has 2 rings (SSSR count). The zero-order valence-electron chi connectivity index (χ0n) is 9.98. The SMILES string of the molecule is CCN1CCC(Cc2ncc(CN)o2)CC1. The third-order valence-corrected chi connectivity index (χ3v) is 3.42. The zero-order valence-corrected chi connectivity index (χ0v) is 9.98. The molecule has 1 fully saturated rings. The van der Waals surface area contributed by atoms with E-state index in [2.05, 4.69) is 16.8 Å². The van der Waals surface area contributed by atoms with Gasteiger partial charge in [0.15, 0.2) is 5.89 Å². The first-order valence-corrected chi connectivity index (χ1v) is 6.17. The molecule has 2 N–H and O–H groups in total. The molecule has 0 saturated carbocycles. The van der Waals surface area contributed by atoms with Crippen LogP contribution in [0.25, 0.3) is 0 Å². The van der Waals surface area contributed by atoms with Gasteiger partial charge in [0.25, 0.3) is 0 Å². The molecule has 1 aliphatic rings. The highest BCUT2D eigenvalue weighted by atomic mass is 16.4. The average molecular weight is 223 g/mol. The van der Waals surface area contributed by atoms with Crippen LogP contribution in [0.1, 0.15) is 31.4 Å². The second kappa shape index (κ2) is 5.46. The van der Waals surface area contributed by atoms with Gasteiger partial charge >= 0.3 is 0 Å². The minimum absolute atomic E-state index is 0.446. The lowest BCUT2D eigenvalue weighted by Crippen LogP contribution is -2.34. The smallest absolute Gasteiger partial charge is 0.194 e. The van der Waals surface area contributed by atoms with Crippen molar-refractivity contribution in [2.24, 2.45) is 11.7 Å². The Balaban J connectivity index is 1.82. The van der Waals surface area contributed by atoms with Gasteiger partial charge in [-0.2, -0.15) is 0 Å². The molecular formula is C12H21N3O. The summed E-state index contributed by atoms with van der Waals surface area (Å²) in [6, 6.07) is 0. The van der Waals surface area contributed by atoms with E-state index in [9.17, 15) is 0 Å². The van der Waals surface area contributed by atoms with Gasteiger partial charge in [-0.15, -0.1) is 0 Å². The van der Waals surface area contributed by atoms with Crippen LogP contribution < -0.4 is 5.73 Å². The third-order valence-electron chi connectivity index (χ3n) is 3.42. The van der Waals surface area contributed by atoms with Crippen molar-refractivity contribution < 1.29 is 4.42 Å². The molecule has 0 spiro atoms. The Morgan fingerprint density at radius 1 is 1.50 bits per heavy atom. The third kappa shape index (κ3) is 2.83. The van der Waals surface area contributed by atoms with E-state index in [0.717, 1.165) is 24.0 Å². The van der Waals surface area contributed by atoms with Crippen LogP contribution >= 0.6 is 0 Å². The second-order valence-corrected chi connectivity index (χ2v) is 4.51. The first kappa shape index (κ1) is 11.6. The van der Waals surface area contributed by atoms with Crippen LogP contribution in [0.5, 0.6) is 0 Å². The standard InChI is InChI=1S/C12H21N3O/c1-2-15-5-3-10(4-6-15)7-12-14-9-11(8-13)16-12/h9-10H,2-8,13H2,1H3. The summed E-state index contributed by atoms with van der Waals surface area (Å²) in [6.45, 7) is 6.27. The molecule has 0 atom stereocenters. The largest absolute Gasteiger partial charge is 0.444 e. The monoisotopic (exact) mass is 223 g/mol. The van der Waals surface area contributed by atoms with Crippen LogP contribution in [0, 0.1) is 5.92 Å². The summed E-state index contributed by atoms with van der Waals surface area (Å²) < 4.78 is 5.54. The van der Waals surface area contributed by atoms with E-state index in [1.54, 1.807) is 6.20 Å². The summed E-state index contributed by atoms with van der Waals surface area (Å²) in [6.07, 6.45) is 5.23. The van der Waals surface area contributed by atoms with Gasteiger partial charge in [-0.25, -0.2) is 4.98 Å². The van der Waals surface area contributed by atoms with Crippen molar-refractivity contribution in [3.8, 4) is 0 Å². The summed E-state index contributed by atoms with van der Waals surface area (Å²) in [7, 11) is 0. The Morgan fingerprint density at radius 2 is 2.25 bits per heavy atom. The van der Waals surface area contributed by atoms with Crippen LogP contribution in [-0.4, -0.2) is 29.5 Å². The van der Waals surface area contributed by atoms with Crippen LogP contribution in [0.4, 0.5) is 0 Å². The summed E-state index contributed by atoms with van der Waals surface area (Å²) >= 11 is 0. The minimum atomic E-state index is 0.446. The van der Waals surface area contributed by atoms with Gasteiger partial charge in [-0.05, 0) is 38.4 Å². The Morgan fingerprint density at radius 3 is 2.81 bits per heavy atom. The molecule has 4 nitrogen and oxygen atoms in total. The number of hydrogen-bond donors (Lipinski definition) is 1. The molecule has 16 heavy (non-hydrogen) atoms. The van der Waals surface area contributed by atoms with Crippen LogP contribution in [-0.2, 0) is 13.0 Å². The molecule has 0 bridgehead atoms. The van der Waals surface area contributed by atoms with Crippen LogP contribution in [0.15, 0.2) is 10.6 Å². The maximum absolute atomic E-state index is 5.54. The molecule has 0 radical (unpaired) electrons. The quantitative estimate of drug-likeness (QED) is 0.838. The van der Waals surface area contributed by atoms with E-state index in [-0.39, 0.29) is 0 Å². The van der Waals surface area contributed by atoms with Gasteiger partial charge in [0.2, 0.25) is 0 Å². The van der Waals surface area contributed by atoms with E-state index in [4.69, 9.17) is 10.2 Å². The van der Waals surface area contributed by atoms with Gasteiger partial charge < -0.3 is 15.1 Å². The van der Waals surface area contributed by atoms with Gasteiger partial charge in [-0.1, -0.05) is 6.92 Å². The van der Waals surface area contributed by atoms with Gasteiger partial charge in [0, 0.05) is 6.42 Å². The van der Waals surface area contributed by atoms with Crippen molar-refractivity contribution in [3.05, 3.63) is 17.8 Å². The molecule has 0 unspecified atom stereocenters. The van der Waals surface area contributed by atoms with E-state index >= 15 is 0 Å². The lowest BCUT2D eigenvalue weighted by atomic mass is 9.93. The highest BCUT2D eigenvalue weighted by molar-refractivity contribution is 4.94. The highest BCUT2D eigenvalue weighted by Gasteiger charge is 2.20. The first-order chi connectivity index (χ1) is 7.81. The number of oxazole rings is 1. The Hall–Kier alpha value is -0.870. The van der Waals surface area contributed by atoms with Crippen molar-refractivity contribution >= 4 is 0 Å². The zero-order chi connectivity index (χ0) is 11.4. The Labute approximate surface area is 96.8 Å². The number of aromatic nitrogens is 1. The molecule has 0 aliphatic carbocycles. The van der Waals surface area contributed by atoms with E-state index in [1.807, 2.05) is 0 Å². The predicted molar refractivity (Wildman–Crippen MR) is 62.9 cm³/mol. The summed E-state index contributed by atoms with van der Waals surface area (Å²) in [5.41, 5.74) is 5.49. The van der Waals surface area contributed by atoms with Gasteiger partial charge in [0.05, 0.1) is 12.7 Å². The van der Waals surface area contributed by atoms with Gasteiger partial charge in [-0.3, -0.25) is 0 Å². The number of piperidine rings is 1. The van der Waals surface area contributed by atoms with Gasteiger partial charge in [0.1, 0.15) is 5.76 Å². The van der Waals surface area contributed by atoms with Crippen molar-refractivity contribution in [2.45, 2.75) is 32.7 Å². The van der Waals surface area contributed by atoms with Crippen molar-refractivity contribution in [1.29, 1.82) is 0 Å². The topological polar surface area (TPSA) is 55.3 Å². The lowest BCUT2D eigenvalue weighted by Gasteiger charge is -2.30. The predicted octanol–water partition coefficient (Wildman–Crippen LogP) is 1.41. The highest BCUT2D eigenvalue weighted by Crippen LogP contribution is 2.21. The number of rotatable bonds is 4. The molecule has 90 valence electrons. The number of hydrogen-bond acceptors (Lipinski definition) is 4. The first-order valence-electron chi connectivity index (χ1n) is 6.17. The summed E-state index contributed by atoms with van der Waals surface area (Å²) in [5, 5.41) is 0. The summed E-state index contributed by atoms with van der Waals surface area (Å²) in [5.74, 6) is 2.38. The fourth-order valence-electron chi connectivity index (χ4n) is 2.29. The van der Waals surface area contributed by atoms with E-state index in [1.165, 1.54) is 32.5 Å². The molecule has 0 aromatic carbocycles. The maximum Gasteiger partial charge on any atom is 0.194 e. The normalized spacial score (nSPS) is 19.1. The second-order valence-electron chi connectivity index (χ2n) is 4.51. The van der Waals surface area contributed by atoms with Crippen molar-refractivity contribution in [3.63, 3.8) is 0 Å². The fraction of sp³-hybridized carbons (Fsp3) is 0.750. The van der Waals surface area contributed by atoms with Crippen LogP contribution in [0.3, 0.4) is 0 Å². The molecule has 1 aromatic rings. The number of nitrogens with two attached hydrogens (primary N) is 1. The molecule has 1 aliphatic heterocycles. The Kier molecular flexibility index (Phi) is 3.96. The van der Waals surface area contributed by atoms with Crippen molar-refractivity contribution in [1.82, 2.24) is 9.88 Å². The fourth-order valence-corrected chi connectivity index (χ4v) is 2.29. The van der Waals surface area contributed by atoms with E-state index < -0.39 is 0 Å². The molecule has 1 aromatic heterocycles.